The summed E-state index contributed by atoms with van der Waals surface area (Å²) in [5, 5.41) is 3.16. The van der Waals surface area contributed by atoms with Gasteiger partial charge in [0.1, 0.15) is 35.1 Å². The zero-order chi connectivity index (χ0) is 36.3. The molecule has 12 nitrogen and oxygen atoms in total. The summed E-state index contributed by atoms with van der Waals surface area (Å²) in [5.41, 5.74) is 9.01. The Morgan fingerprint density at radius 3 is 2.58 bits per heavy atom. The predicted molar refractivity (Wildman–Crippen MR) is 189 cm³/mol. The molecule has 3 aliphatic heterocycles. The van der Waals surface area contributed by atoms with Gasteiger partial charge in [-0.3, -0.25) is 9.59 Å². The lowest BCUT2D eigenvalue weighted by atomic mass is 9.90. The summed E-state index contributed by atoms with van der Waals surface area (Å²) >= 11 is 6.73. The average molecular weight is 709 g/mol. The largest absolute Gasteiger partial charge is 0.495 e. The van der Waals surface area contributed by atoms with Crippen molar-refractivity contribution in [1.82, 2.24) is 10.2 Å². The van der Waals surface area contributed by atoms with Crippen LogP contribution in [0, 0.1) is 5.92 Å². The third kappa shape index (κ3) is 8.42. The number of carbonyl (C=O) groups excluding carboxylic acids is 4. The summed E-state index contributed by atoms with van der Waals surface area (Å²) in [6.45, 7) is 5.48. The number of carbonyl (C=O) groups is 4. The first-order valence-electron chi connectivity index (χ1n) is 16.7. The number of allylic oxidation sites excluding steroid dienone is 3. The van der Waals surface area contributed by atoms with Gasteiger partial charge in [0.15, 0.2) is 0 Å². The van der Waals surface area contributed by atoms with Crippen LogP contribution in [0.4, 0.5) is 16.2 Å². The smallest absolute Gasteiger partial charge is 0.407 e. The Hall–Kier alpha value is -4.55. The first kappa shape index (κ1) is 36.7. The fourth-order valence-corrected chi connectivity index (χ4v) is 6.65. The fraction of sp³-hybridized carbons (Fsp3) is 0.459. The predicted octanol–water partition coefficient (Wildman–Crippen LogP) is 5.08. The third-order valence-electron chi connectivity index (χ3n) is 9.63. The van der Waals surface area contributed by atoms with E-state index in [1.165, 1.54) is 24.0 Å². The molecule has 2 fully saturated rings. The van der Waals surface area contributed by atoms with Crippen LogP contribution in [-0.4, -0.2) is 86.5 Å². The van der Waals surface area contributed by atoms with Crippen LogP contribution in [0.2, 0.25) is 5.02 Å². The van der Waals surface area contributed by atoms with E-state index in [0.29, 0.717) is 42.0 Å². The number of hydrogen-bond donors (Lipinski definition) is 2. The molecular weight excluding hydrogens is 664 g/mol. The number of halogens is 1. The second-order valence-electron chi connectivity index (χ2n) is 13.3. The van der Waals surface area contributed by atoms with Crippen molar-refractivity contribution in [3.63, 3.8) is 0 Å². The molecule has 2 aromatic carbocycles. The molecule has 0 aliphatic carbocycles. The molecule has 3 N–H and O–H groups in total. The lowest BCUT2D eigenvalue weighted by Crippen LogP contribution is -2.48. The summed E-state index contributed by atoms with van der Waals surface area (Å²) < 4.78 is 23.3. The quantitative estimate of drug-likeness (QED) is 0.246. The molecule has 268 valence electrons. The molecular formula is C37H45ClN4O8. The molecule has 2 saturated heterocycles. The molecule has 1 unspecified atom stereocenters. The Kier molecular flexibility index (Phi) is 11.4. The van der Waals surface area contributed by atoms with Crippen molar-refractivity contribution < 1.29 is 38.1 Å². The summed E-state index contributed by atoms with van der Waals surface area (Å²) in [6.07, 6.45) is 4.39. The molecule has 3 aliphatic rings. The lowest BCUT2D eigenvalue weighted by Gasteiger charge is -2.33. The van der Waals surface area contributed by atoms with Gasteiger partial charge in [-0.15, -0.1) is 0 Å². The normalized spacial score (nSPS) is 27.7. The highest BCUT2D eigenvalue weighted by atomic mass is 35.5. The average Bonchev–Trinajstić information content (AvgIpc) is 3.89. The van der Waals surface area contributed by atoms with Crippen LogP contribution in [0.15, 0.2) is 60.2 Å². The number of hydrogen-bond acceptors (Lipinski definition) is 9. The van der Waals surface area contributed by atoms with E-state index in [1.54, 1.807) is 38.2 Å². The van der Waals surface area contributed by atoms with E-state index in [2.05, 4.69) is 5.32 Å². The molecule has 7 atom stereocenters. The number of anilines is 2. The zero-order valence-corrected chi connectivity index (χ0v) is 29.9. The van der Waals surface area contributed by atoms with Crippen LogP contribution in [0.1, 0.15) is 56.0 Å². The van der Waals surface area contributed by atoms with Gasteiger partial charge >= 0.3 is 12.1 Å². The van der Waals surface area contributed by atoms with Gasteiger partial charge in [0, 0.05) is 43.7 Å². The van der Waals surface area contributed by atoms with Gasteiger partial charge in [0.2, 0.25) is 5.91 Å². The van der Waals surface area contributed by atoms with Gasteiger partial charge in [0.25, 0.3) is 5.91 Å². The molecule has 13 heteroatoms. The number of amides is 3. The highest BCUT2D eigenvalue weighted by Gasteiger charge is 2.54. The minimum atomic E-state index is -1.01. The Bertz CT molecular complexity index is 1680. The van der Waals surface area contributed by atoms with E-state index in [4.69, 9.17) is 36.3 Å². The van der Waals surface area contributed by atoms with Crippen LogP contribution in [0.5, 0.6) is 5.75 Å². The highest BCUT2D eigenvalue weighted by molar-refractivity contribution is 6.35. The Labute approximate surface area is 297 Å². The Morgan fingerprint density at radius 1 is 1.16 bits per heavy atom. The van der Waals surface area contributed by atoms with Crippen molar-refractivity contribution in [2.24, 2.45) is 5.92 Å². The number of methoxy groups -OCH3 is 1. The number of nitrogens with one attached hydrogen (secondary N) is 1. The van der Waals surface area contributed by atoms with E-state index >= 15 is 0 Å². The Balaban J connectivity index is 1.44. The molecule has 0 saturated carbocycles. The number of nitrogen functional groups attached to an aromatic ring is 1. The van der Waals surface area contributed by atoms with Crippen molar-refractivity contribution >= 4 is 46.9 Å². The number of nitrogens with zero attached hydrogens (tertiary/aromatic N) is 2. The first-order valence-corrected chi connectivity index (χ1v) is 17.1. The molecule has 50 heavy (non-hydrogen) atoms. The maximum Gasteiger partial charge on any atom is 0.407 e. The van der Waals surface area contributed by atoms with Crippen molar-refractivity contribution in [1.29, 1.82) is 0 Å². The lowest BCUT2D eigenvalue weighted by molar-refractivity contribution is -0.155. The number of esters is 1. The van der Waals surface area contributed by atoms with Gasteiger partial charge in [-0.05, 0) is 68.7 Å². The number of rotatable bonds is 5. The molecule has 0 aromatic heterocycles. The van der Waals surface area contributed by atoms with Crippen molar-refractivity contribution in [2.75, 3.05) is 31.8 Å². The summed E-state index contributed by atoms with van der Waals surface area (Å²) in [6, 6.07) is 8.92. The van der Waals surface area contributed by atoms with Gasteiger partial charge < -0.3 is 39.8 Å². The summed E-state index contributed by atoms with van der Waals surface area (Å²) in [7, 11) is 4.62. The van der Waals surface area contributed by atoms with Crippen LogP contribution in [0.3, 0.4) is 0 Å². The summed E-state index contributed by atoms with van der Waals surface area (Å²) in [4.78, 5) is 56.0. The van der Waals surface area contributed by atoms with E-state index in [-0.39, 0.29) is 29.3 Å². The molecule has 3 amide bonds. The van der Waals surface area contributed by atoms with E-state index < -0.39 is 48.4 Å². The number of alkyl carbamates (subject to hydrolysis) is 1. The maximum atomic E-state index is 14.0. The molecule has 3 heterocycles. The number of fused-ring (bicyclic) bond motifs is 5. The molecule has 5 rings (SSSR count). The standard InChI is InChI=1S/C37H45ClN4O8/c1-20-9-7-8-10-26-18-28(49-37(46)40-26)21(2)33-34(50-33)30(19-31(43)42(5)27-16-23(15-20)17-29(47-6)32(27)38)48-36(45)22(3)41(4)35(44)24-11-13-25(39)14-12-24/h7-9,11-14,16-17,21-22,26,28,30,33-34H,10,15,18-19,39H2,1-6H3,(H,40,46)/b8-7+,20-9+/t21-,22+,26?,28+,30+,33+,34+/m1/s1. The Morgan fingerprint density at radius 2 is 1.88 bits per heavy atom. The van der Waals surface area contributed by atoms with Gasteiger partial charge in [-0.25, -0.2) is 9.59 Å². The first-order chi connectivity index (χ1) is 23.8. The minimum Gasteiger partial charge on any atom is -0.495 e. The molecule has 2 aromatic rings. The molecule has 4 bridgehead atoms. The van der Waals surface area contributed by atoms with Crippen LogP contribution < -0.4 is 20.7 Å². The summed E-state index contributed by atoms with van der Waals surface area (Å²) in [5.74, 6) is -1.34. The fourth-order valence-electron chi connectivity index (χ4n) is 6.34. The topological polar surface area (TPSA) is 153 Å². The monoisotopic (exact) mass is 708 g/mol. The van der Waals surface area contributed by atoms with Crippen LogP contribution in [-0.2, 0) is 30.2 Å². The van der Waals surface area contributed by atoms with Crippen LogP contribution in [0.25, 0.3) is 0 Å². The molecule has 0 spiro atoms. The van der Waals surface area contributed by atoms with Gasteiger partial charge in [0.05, 0.1) is 25.3 Å². The number of epoxide rings is 1. The highest BCUT2D eigenvalue weighted by Crippen LogP contribution is 2.40. The van der Waals surface area contributed by atoms with Gasteiger partial charge in [-0.1, -0.05) is 42.3 Å². The number of benzene rings is 2. The SMILES string of the molecule is COc1cc2cc(c1Cl)N(C)C(=O)C[C@H](OC(=O)[C@H](C)N(C)C(=O)c1ccc(N)cc1)[C@@H]1O[C@H]1[C@H](C)[C@@H]1CC(C/C=C/C=C(\C)C2)NC(=O)O1. The van der Waals surface area contributed by atoms with E-state index in [9.17, 15) is 19.2 Å². The van der Waals surface area contributed by atoms with E-state index in [0.717, 1.165) is 11.1 Å². The number of ether oxygens (including phenoxy) is 4. The number of nitrogens with two attached hydrogens (primary N) is 1. The molecule has 0 radical (unpaired) electrons. The van der Waals surface area contributed by atoms with E-state index in [1.807, 2.05) is 44.2 Å². The maximum absolute atomic E-state index is 14.0. The van der Waals surface area contributed by atoms with Crippen molar-refractivity contribution in [3.8, 4) is 5.75 Å². The van der Waals surface area contributed by atoms with Crippen LogP contribution >= 0.6 is 11.6 Å². The second-order valence-corrected chi connectivity index (χ2v) is 13.7. The van der Waals surface area contributed by atoms with Crippen molar-refractivity contribution in [2.45, 2.75) is 83.0 Å². The number of likely N-dealkylation sites (N-methyl/N-ethyl adjacent to an activating group) is 1. The zero-order valence-electron chi connectivity index (χ0n) is 29.2. The minimum absolute atomic E-state index is 0.144. The second kappa shape index (κ2) is 15.6. The van der Waals surface area contributed by atoms with Gasteiger partial charge in [-0.2, -0.15) is 0 Å². The third-order valence-corrected chi connectivity index (χ3v) is 10.0. The van der Waals surface area contributed by atoms with Crippen molar-refractivity contribution in [3.05, 3.63) is 76.3 Å².